The molecule has 0 heterocycles. The number of amides is 1. The Balaban J connectivity index is 2.88. The van der Waals surface area contributed by atoms with Crippen molar-refractivity contribution in [1.82, 2.24) is 0 Å². The number of hydrogen-bond donors (Lipinski definition) is 3. The van der Waals surface area contributed by atoms with E-state index in [-0.39, 0.29) is 11.3 Å². The van der Waals surface area contributed by atoms with Crippen LogP contribution >= 0.6 is 0 Å². The van der Waals surface area contributed by atoms with Crippen molar-refractivity contribution in [3.8, 4) is 0 Å². The summed E-state index contributed by atoms with van der Waals surface area (Å²) in [5, 5.41) is 29.6. The highest BCUT2D eigenvalue weighted by Gasteiger charge is 2.21. The van der Waals surface area contributed by atoms with Crippen LogP contribution in [0.2, 0.25) is 0 Å². The van der Waals surface area contributed by atoms with Crippen molar-refractivity contribution < 1.29 is 19.9 Å². The van der Waals surface area contributed by atoms with Crippen LogP contribution in [0.4, 0.5) is 5.69 Å². The van der Waals surface area contributed by atoms with E-state index in [9.17, 15) is 25.1 Å². The maximum Gasteiger partial charge on any atom is 0.269 e. The predicted octanol–water partition coefficient (Wildman–Crippen LogP) is -0.136. The lowest BCUT2D eigenvalue weighted by Gasteiger charge is -2.16. The average molecular weight is 240 g/mol. The maximum absolute atomic E-state index is 10.6. The summed E-state index contributed by atoms with van der Waals surface area (Å²) < 4.78 is 0. The summed E-state index contributed by atoms with van der Waals surface area (Å²) in [7, 11) is 0. The predicted molar refractivity (Wildman–Crippen MR) is 57.9 cm³/mol. The van der Waals surface area contributed by atoms with E-state index in [4.69, 9.17) is 5.73 Å². The first-order valence-corrected chi connectivity index (χ1v) is 4.80. The van der Waals surface area contributed by atoms with Crippen LogP contribution in [0, 0.1) is 10.1 Å². The number of carbonyl (C=O) groups excluding carboxylic acids is 1. The van der Waals surface area contributed by atoms with Gasteiger partial charge in [0, 0.05) is 12.1 Å². The molecule has 2 atom stereocenters. The van der Waals surface area contributed by atoms with E-state index in [2.05, 4.69) is 0 Å². The van der Waals surface area contributed by atoms with Crippen LogP contribution in [0.3, 0.4) is 0 Å². The molecule has 0 aliphatic rings. The lowest BCUT2D eigenvalue weighted by Crippen LogP contribution is -2.25. The molecule has 1 aromatic rings. The molecule has 17 heavy (non-hydrogen) atoms. The SMILES string of the molecule is NC(=O)CC(O)C(O)c1cccc([N+](=O)[O-])c1. The number of aliphatic hydroxyl groups is 2. The fourth-order valence-corrected chi connectivity index (χ4v) is 1.36. The fourth-order valence-electron chi connectivity index (χ4n) is 1.36. The van der Waals surface area contributed by atoms with Crippen molar-refractivity contribution in [1.29, 1.82) is 0 Å². The van der Waals surface area contributed by atoms with Crippen LogP contribution in [0.1, 0.15) is 18.1 Å². The van der Waals surface area contributed by atoms with Gasteiger partial charge in [-0.1, -0.05) is 12.1 Å². The average Bonchev–Trinajstić information content (AvgIpc) is 2.27. The van der Waals surface area contributed by atoms with Crippen LogP contribution in [0.25, 0.3) is 0 Å². The molecule has 1 rings (SSSR count). The van der Waals surface area contributed by atoms with Crippen LogP contribution in [0.5, 0.6) is 0 Å². The molecule has 0 saturated heterocycles. The van der Waals surface area contributed by atoms with Crippen molar-refractivity contribution >= 4 is 11.6 Å². The lowest BCUT2D eigenvalue weighted by molar-refractivity contribution is -0.385. The van der Waals surface area contributed by atoms with Gasteiger partial charge in [0.2, 0.25) is 5.91 Å². The Labute approximate surface area is 96.6 Å². The van der Waals surface area contributed by atoms with Crippen molar-refractivity contribution in [2.75, 3.05) is 0 Å². The third kappa shape index (κ3) is 3.51. The Morgan fingerprint density at radius 2 is 2.12 bits per heavy atom. The van der Waals surface area contributed by atoms with Gasteiger partial charge in [-0.3, -0.25) is 14.9 Å². The van der Waals surface area contributed by atoms with Gasteiger partial charge in [0.15, 0.2) is 0 Å². The largest absolute Gasteiger partial charge is 0.390 e. The van der Waals surface area contributed by atoms with E-state index in [1.54, 1.807) is 0 Å². The first-order valence-electron chi connectivity index (χ1n) is 4.80. The second-order valence-electron chi connectivity index (χ2n) is 3.53. The monoisotopic (exact) mass is 240 g/mol. The van der Waals surface area contributed by atoms with Gasteiger partial charge in [-0.2, -0.15) is 0 Å². The number of nitro groups is 1. The van der Waals surface area contributed by atoms with Gasteiger partial charge in [-0.25, -0.2) is 0 Å². The number of primary amides is 1. The minimum atomic E-state index is -1.39. The number of aliphatic hydroxyl groups excluding tert-OH is 2. The highest BCUT2D eigenvalue weighted by atomic mass is 16.6. The van der Waals surface area contributed by atoms with E-state index in [0.29, 0.717) is 0 Å². The van der Waals surface area contributed by atoms with E-state index in [1.807, 2.05) is 0 Å². The molecule has 0 radical (unpaired) electrons. The Morgan fingerprint density at radius 3 is 2.65 bits per heavy atom. The molecule has 0 aliphatic heterocycles. The zero-order valence-electron chi connectivity index (χ0n) is 8.81. The van der Waals surface area contributed by atoms with E-state index >= 15 is 0 Å². The number of nitrogens with zero attached hydrogens (tertiary/aromatic N) is 1. The highest BCUT2D eigenvalue weighted by Crippen LogP contribution is 2.22. The first kappa shape index (κ1) is 13.1. The summed E-state index contributed by atoms with van der Waals surface area (Å²) in [4.78, 5) is 20.5. The number of nitrogens with two attached hydrogens (primary N) is 1. The van der Waals surface area contributed by atoms with Crippen LogP contribution in [0.15, 0.2) is 24.3 Å². The Morgan fingerprint density at radius 1 is 1.47 bits per heavy atom. The minimum Gasteiger partial charge on any atom is -0.390 e. The molecule has 0 fully saturated rings. The van der Waals surface area contributed by atoms with Crippen molar-refractivity contribution in [3.63, 3.8) is 0 Å². The summed E-state index contributed by atoms with van der Waals surface area (Å²) in [5.41, 5.74) is 4.83. The van der Waals surface area contributed by atoms with Gasteiger partial charge in [0.25, 0.3) is 5.69 Å². The molecule has 1 aromatic carbocycles. The molecule has 92 valence electrons. The van der Waals surface area contributed by atoms with Crippen molar-refractivity contribution in [3.05, 3.63) is 39.9 Å². The Hall–Kier alpha value is -1.99. The molecule has 2 unspecified atom stereocenters. The van der Waals surface area contributed by atoms with E-state index in [1.165, 1.54) is 18.2 Å². The molecule has 7 heteroatoms. The number of nitro benzene ring substituents is 1. The maximum atomic E-state index is 10.6. The summed E-state index contributed by atoms with van der Waals surface area (Å²) in [6.07, 6.45) is -3.18. The second kappa shape index (κ2) is 5.37. The molecule has 4 N–H and O–H groups in total. The van der Waals surface area contributed by atoms with Gasteiger partial charge in [0.1, 0.15) is 6.10 Å². The number of hydrogen-bond acceptors (Lipinski definition) is 5. The zero-order chi connectivity index (χ0) is 13.0. The smallest absolute Gasteiger partial charge is 0.269 e. The van der Waals surface area contributed by atoms with Gasteiger partial charge in [0.05, 0.1) is 17.4 Å². The highest BCUT2D eigenvalue weighted by molar-refractivity contribution is 5.74. The fraction of sp³-hybridized carbons (Fsp3) is 0.300. The normalized spacial score (nSPS) is 14.0. The van der Waals surface area contributed by atoms with Crippen molar-refractivity contribution in [2.45, 2.75) is 18.6 Å². The number of rotatable bonds is 5. The Kier molecular flexibility index (Phi) is 4.13. The summed E-state index contributed by atoms with van der Waals surface area (Å²) in [6.45, 7) is 0. The quantitative estimate of drug-likeness (QED) is 0.487. The molecular formula is C10H12N2O5. The molecule has 0 bridgehead atoms. The molecule has 0 spiro atoms. The topological polar surface area (TPSA) is 127 Å². The van der Waals surface area contributed by atoms with Crippen LogP contribution in [-0.4, -0.2) is 27.1 Å². The minimum absolute atomic E-state index is 0.160. The molecule has 0 aromatic heterocycles. The number of carbonyl (C=O) groups is 1. The second-order valence-corrected chi connectivity index (χ2v) is 3.53. The number of non-ortho nitro benzene ring substituents is 1. The molecule has 7 nitrogen and oxygen atoms in total. The Bertz CT molecular complexity index is 434. The molecule has 0 saturated carbocycles. The summed E-state index contributed by atoms with van der Waals surface area (Å²) >= 11 is 0. The summed E-state index contributed by atoms with van der Waals surface area (Å²) in [5.74, 6) is -0.762. The van der Waals surface area contributed by atoms with E-state index < -0.39 is 29.5 Å². The lowest BCUT2D eigenvalue weighted by atomic mass is 10.0. The van der Waals surface area contributed by atoms with Gasteiger partial charge < -0.3 is 15.9 Å². The standard InChI is InChI=1S/C10H12N2O5/c11-9(14)5-8(13)10(15)6-2-1-3-7(4-6)12(16)17/h1-4,8,10,13,15H,5H2,(H2,11,14). The summed E-state index contributed by atoms with van der Waals surface area (Å²) in [6, 6.07) is 5.20. The van der Waals surface area contributed by atoms with Gasteiger partial charge in [-0.05, 0) is 5.56 Å². The number of benzene rings is 1. The molecule has 1 amide bonds. The first-order chi connectivity index (χ1) is 7.91. The molecular weight excluding hydrogens is 228 g/mol. The van der Waals surface area contributed by atoms with Crippen LogP contribution in [-0.2, 0) is 4.79 Å². The third-order valence-electron chi connectivity index (χ3n) is 2.20. The van der Waals surface area contributed by atoms with Crippen molar-refractivity contribution in [2.24, 2.45) is 5.73 Å². The van der Waals surface area contributed by atoms with Gasteiger partial charge >= 0.3 is 0 Å². The third-order valence-corrected chi connectivity index (χ3v) is 2.20. The zero-order valence-corrected chi connectivity index (χ0v) is 8.81. The van der Waals surface area contributed by atoms with Crippen LogP contribution < -0.4 is 5.73 Å². The molecule has 0 aliphatic carbocycles. The van der Waals surface area contributed by atoms with E-state index in [0.717, 1.165) is 6.07 Å². The van der Waals surface area contributed by atoms with Gasteiger partial charge in [-0.15, -0.1) is 0 Å².